The Hall–Kier alpha value is -1.16. The van der Waals surface area contributed by atoms with Crippen LogP contribution in [-0.4, -0.2) is 29.2 Å². The number of anilines is 1. The number of ether oxygens (including phenoxy) is 1. The van der Waals surface area contributed by atoms with Crippen molar-refractivity contribution in [3.63, 3.8) is 0 Å². The molecular weight excluding hydrogens is 226 g/mol. The summed E-state index contributed by atoms with van der Waals surface area (Å²) in [6.07, 6.45) is 6.51. The highest BCUT2D eigenvalue weighted by molar-refractivity contribution is 5.49. The summed E-state index contributed by atoms with van der Waals surface area (Å²) in [5.41, 5.74) is 2.73. The summed E-state index contributed by atoms with van der Waals surface area (Å²) in [5.74, 6) is 1.05. The standard InChI is InChI=1S/C14H21N3O/c1-14(2)11(7-12(14)18-3)17-13-9-5-4-6-10(9)15-8-16-13/h8,11-12H,4-7H2,1-3H3,(H,15,16,17). The molecule has 0 aliphatic heterocycles. The van der Waals surface area contributed by atoms with Gasteiger partial charge in [0.15, 0.2) is 0 Å². The van der Waals surface area contributed by atoms with Gasteiger partial charge in [-0.2, -0.15) is 0 Å². The molecule has 1 N–H and O–H groups in total. The minimum atomic E-state index is 0.172. The molecule has 0 radical (unpaired) electrons. The normalized spacial score (nSPS) is 28.6. The monoisotopic (exact) mass is 247 g/mol. The zero-order valence-corrected chi connectivity index (χ0v) is 11.4. The van der Waals surface area contributed by atoms with Crippen molar-refractivity contribution in [2.45, 2.75) is 51.7 Å². The summed E-state index contributed by atoms with van der Waals surface area (Å²) < 4.78 is 5.49. The van der Waals surface area contributed by atoms with Gasteiger partial charge in [-0.25, -0.2) is 9.97 Å². The number of nitrogens with zero attached hydrogens (tertiary/aromatic N) is 2. The molecular formula is C14H21N3O. The van der Waals surface area contributed by atoms with Crippen LogP contribution in [0.15, 0.2) is 6.33 Å². The number of fused-ring (bicyclic) bond motifs is 1. The minimum absolute atomic E-state index is 0.172. The Bertz CT molecular complexity index is 458. The van der Waals surface area contributed by atoms with Gasteiger partial charge in [0.1, 0.15) is 12.1 Å². The van der Waals surface area contributed by atoms with Crippen LogP contribution in [0, 0.1) is 5.41 Å². The lowest BCUT2D eigenvalue weighted by Crippen LogP contribution is -2.57. The van der Waals surface area contributed by atoms with E-state index in [4.69, 9.17) is 4.74 Å². The minimum Gasteiger partial charge on any atom is -0.381 e. The lowest BCUT2D eigenvalue weighted by molar-refractivity contribution is -0.0795. The Balaban J connectivity index is 1.77. The van der Waals surface area contributed by atoms with Crippen molar-refractivity contribution in [1.82, 2.24) is 9.97 Å². The van der Waals surface area contributed by atoms with Crippen molar-refractivity contribution >= 4 is 5.82 Å². The molecule has 1 fully saturated rings. The van der Waals surface area contributed by atoms with Crippen molar-refractivity contribution in [2.75, 3.05) is 12.4 Å². The summed E-state index contributed by atoms with van der Waals surface area (Å²) in [6, 6.07) is 0.446. The number of rotatable bonds is 3. The van der Waals surface area contributed by atoms with E-state index in [1.165, 1.54) is 17.7 Å². The van der Waals surface area contributed by atoms with Gasteiger partial charge < -0.3 is 10.1 Å². The average molecular weight is 247 g/mol. The van der Waals surface area contributed by atoms with E-state index in [1.807, 2.05) is 0 Å². The summed E-state index contributed by atoms with van der Waals surface area (Å²) in [5, 5.41) is 3.60. The third-order valence-electron chi connectivity index (χ3n) is 4.65. The maximum Gasteiger partial charge on any atom is 0.133 e. The molecule has 0 aromatic carbocycles. The molecule has 2 aliphatic rings. The largest absolute Gasteiger partial charge is 0.381 e. The first-order valence-corrected chi connectivity index (χ1v) is 6.75. The maximum absolute atomic E-state index is 5.49. The predicted molar refractivity (Wildman–Crippen MR) is 70.7 cm³/mol. The van der Waals surface area contributed by atoms with E-state index >= 15 is 0 Å². The Morgan fingerprint density at radius 2 is 2.17 bits per heavy atom. The van der Waals surface area contributed by atoms with Crippen molar-refractivity contribution in [3.05, 3.63) is 17.6 Å². The highest BCUT2D eigenvalue weighted by Gasteiger charge is 2.48. The van der Waals surface area contributed by atoms with Gasteiger partial charge in [0.05, 0.1) is 6.10 Å². The molecule has 0 amide bonds. The smallest absolute Gasteiger partial charge is 0.133 e. The summed E-state index contributed by atoms with van der Waals surface area (Å²) >= 11 is 0. The van der Waals surface area contributed by atoms with Gasteiger partial charge in [-0.3, -0.25) is 0 Å². The first-order chi connectivity index (χ1) is 8.63. The molecule has 0 saturated heterocycles. The van der Waals surface area contributed by atoms with Gasteiger partial charge in [-0.05, 0) is 25.7 Å². The van der Waals surface area contributed by atoms with E-state index in [0.717, 1.165) is 25.1 Å². The van der Waals surface area contributed by atoms with Crippen molar-refractivity contribution < 1.29 is 4.74 Å². The van der Waals surface area contributed by atoms with Crippen LogP contribution in [0.5, 0.6) is 0 Å². The molecule has 98 valence electrons. The number of hydrogen-bond donors (Lipinski definition) is 1. The SMILES string of the molecule is COC1CC(Nc2ncnc3c2CCC3)C1(C)C. The molecule has 2 atom stereocenters. The van der Waals surface area contributed by atoms with Gasteiger partial charge in [0, 0.05) is 29.8 Å². The topological polar surface area (TPSA) is 47.0 Å². The molecule has 0 bridgehead atoms. The van der Waals surface area contributed by atoms with Crippen LogP contribution in [0.3, 0.4) is 0 Å². The molecule has 4 heteroatoms. The second-order valence-electron chi connectivity index (χ2n) is 5.98. The van der Waals surface area contributed by atoms with E-state index in [1.54, 1.807) is 13.4 Å². The van der Waals surface area contributed by atoms with Crippen LogP contribution in [0.25, 0.3) is 0 Å². The summed E-state index contributed by atoms with van der Waals surface area (Å²) in [4.78, 5) is 8.79. The fourth-order valence-corrected chi connectivity index (χ4v) is 3.18. The molecule has 2 aliphatic carbocycles. The predicted octanol–water partition coefficient (Wildman–Crippen LogP) is 2.19. The zero-order chi connectivity index (χ0) is 12.8. The average Bonchev–Trinajstić information content (AvgIpc) is 2.82. The van der Waals surface area contributed by atoms with Crippen molar-refractivity contribution in [2.24, 2.45) is 5.41 Å². The molecule has 3 rings (SSSR count). The maximum atomic E-state index is 5.49. The van der Waals surface area contributed by atoms with Gasteiger partial charge in [0.25, 0.3) is 0 Å². The second kappa shape index (κ2) is 4.19. The summed E-state index contributed by atoms with van der Waals surface area (Å²) in [7, 11) is 1.80. The molecule has 2 unspecified atom stereocenters. The second-order valence-corrected chi connectivity index (χ2v) is 5.98. The quantitative estimate of drug-likeness (QED) is 0.889. The van der Waals surface area contributed by atoms with Crippen LogP contribution < -0.4 is 5.32 Å². The van der Waals surface area contributed by atoms with Gasteiger partial charge >= 0.3 is 0 Å². The molecule has 0 spiro atoms. The van der Waals surface area contributed by atoms with Crippen molar-refractivity contribution in [1.29, 1.82) is 0 Å². The Morgan fingerprint density at radius 3 is 2.89 bits per heavy atom. The Morgan fingerprint density at radius 1 is 1.33 bits per heavy atom. The van der Waals surface area contributed by atoms with Crippen LogP contribution >= 0.6 is 0 Å². The third-order valence-corrected chi connectivity index (χ3v) is 4.65. The molecule has 18 heavy (non-hydrogen) atoms. The Kier molecular flexibility index (Phi) is 2.77. The number of nitrogens with one attached hydrogen (secondary N) is 1. The highest BCUT2D eigenvalue weighted by atomic mass is 16.5. The molecule has 1 saturated carbocycles. The lowest BCUT2D eigenvalue weighted by Gasteiger charge is -2.51. The Labute approximate surface area is 108 Å². The first kappa shape index (κ1) is 11.9. The highest BCUT2D eigenvalue weighted by Crippen LogP contribution is 2.44. The fraction of sp³-hybridized carbons (Fsp3) is 0.714. The van der Waals surface area contributed by atoms with E-state index in [2.05, 4.69) is 29.1 Å². The third kappa shape index (κ3) is 1.70. The van der Waals surface area contributed by atoms with E-state index < -0.39 is 0 Å². The molecule has 1 aromatic heterocycles. The van der Waals surface area contributed by atoms with E-state index in [9.17, 15) is 0 Å². The van der Waals surface area contributed by atoms with E-state index in [0.29, 0.717) is 12.1 Å². The van der Waals surface area contributed by atoms with Crippen LogP contribution in [0.1, 0.15) is 37.9 Å². The summed E-state index contributed by atoms with van der Waals surface area (Å²) in [6.45, 7) is 4.51. The number of hydrogen-bond acceptors (Lipinski definition) is 4. The number of methoxy groups -OCH3 is 1. The van der Waals surface area contributed by atoms with Crippen molar-refractivity contribution in [3.8, 4) is 0 Å². The van der Waals surface area contributed by atoms with E-state index in [-0.39, 0.29) is 5.41 Å². The number of aromatic nitrogens is 2. The number of aryl methyl sites for hydroxylation is 1. The zero-order valence-electron chi connectivity index (χ0n) is 11.4. The van der Waals surface area contributed by atoms with Crippen LogP contribution in [0.4, 0.5) is 5.82 Å². The lowest BCUT2D eigenvalue weighted by atomic mass is 9.64. The molecule has 1 heterocycles. The van der Waals surface area contributed by atoms with Gasteiger partial charge in [-0.1, -0.05) is 13.8 Å². The molecule has 1 aromatic rings. The van der Waals surface area contributed by atoms with Gasteiger partial charge in [-0.15, -0.1) is 0 Å². The first-order valence-electron chi connectivity index (χ1n) is 6.75. The van der Waals surface area contributed by atoms with Crippen LogP contribution in [0.2, 0.25) is 0 Å². The van der Waals surface area contributed by atoms with Gasteiger partial charge in [0.2, 0.25) is 0 Å². The fourth-order valence-electron chi connectivity index (χ4n) is 3.18. The van der Waals surface area contributed by atoms with Crippen LogP contribution in [-0.2, 0) is 17.6 Å². The molecule has 4 nitrogen and oxygen atoms in total.